The second-order valence-electron chi connectivity index (χ2n) is 7.75. The van der Waals surface area contributed by atoms with Crippen LogP contribution in [0.2, 0.25) is 0 Å². The van der Waals surface area contributed by atoms with E-state index < -0.39 is 5.97 Å². The predicted molar refractivity (Wildman–Crippen MR) is 121 cm³/mol. The summed E-state index contributed by atoms with van der Waals surface area (Å²) in [6, 6.07) is 0. The third-order valence-corrected chi connectivity index (χ3v) is 4.81. The van der Waals surface area contributed by atoms with E-state index in [1.54, 1.807) is 0 Å². The molecule has 0 rings (SSSR count). The Morgan fingerprint density at radius 2 is 1.03 bits per heavy atom. The molecule has 0 aliphatic heterocycles. The summed E-state index contributed by atoms with van der Waals surface area (Å²) in [5.41, 5.74) is 0. The molecule has 0 aromatic rings. The molecule has 182 valence electrons. The maximum Gasteiger partial charge on any atom is 0.303 e. The lowest BCUT2D eigenvalue weighted by atomic mass is 10.1. The summed E-state index contributed by atoms with van der Waals surface area (Å²) in [7, 11) is 0. The van der Waals surface area contributed by atoms with Crippen molar-refractivity contribution in [3.63, 3.8) is 0 Å². The van der Waals surface area contributed by atoms with E-state index in [4.69, 9.17) is 14.6 Å². The van der Waals surface area contributed by atoms with Crippen LogP contribution in [-0.2, 0) is 23.9 Å². The Bertz CT molecular complexity index is 459. The van der Waals surface area contributed by atoms with Gasteiger partial charge in [0.2, 0.25) is 11.8 Å². The first kappa shape index (κ1) is 29.3. The number of nitrogens with one attached hydrogen (secondary N) is 2. The number of amides is 2. The summed E-state index contributed by atoms with van der Waals surface area (Å²) >= 11 is 0. The molecular weight excluding hydrogens is 400 g/mol. The van der Waals surface area contributed by atoms with Crippen LogP contribution in [-0.4, -0.2) is 62.4 Å². The molecule has 0 aliphatic rings. The van der Waals surface area contributed by atoms with Gasteiger partial charge in [0.15, 0.2) is 0 Å². The molecule has 0 unspecified atom stereocenters. The first-order chi connectivity index (χ1) is 15.1. The minimum atomic E-state index is -0.713. The van der Waals surface area contributed by atoms with Gasteiger partial charge in [-0.3, -0.25) is 14.4 Å². The van der Waals surface area contributed by atoms with E-state index >= 15 is 0 Å². The number of carboxylic acid groups (broad SMARTS) is 1. The summed E-state index contributed by atoms with van der Waals surface area (Å²) in [4.78, 5) is 33.6. The highest BCUT2D eigenvalue weighted by Gasteiger charge is 2.02. The molecule has 0 radical (unpaired) electrons. The molecule has 0 aliphatic carbocycles. The van der Waals surface area contributed by atoms with Crippen molar-refractivity contribution in [2.24, 2.45) is 0 Å². The summed E-state index contributed by atoms with van der Waals surface area (Å²) < 4.78 is 10.8. The van der Waals surface area contributed by atoms with Crippen LogP contribution in [0.25, 0.3) is 0 Å². The van der Waals surface area contributed by atoms with Crippen molar-refractivity contribution in [2.45, 2.75) is 90.4 Å². The van der Waals surface area contributed by atoms with Gasteiger partial charge in [0, 0.05) is 32.4 Å². The lowest BCUT2D eigenvalue weighted by Crippen LogP contribution is -2.28. The molecule has 8 heteroatoms. The van der Waals surface area contributed by atoms with E-state index in [1.165, 1.54) is 0 Å². The molecule has 0 aromatic heterocycles. The molecule has 0 spiro atoms. The van der Waals surface area contributed by atoms with Gasteiger partial charge in [-0.25, -0.2) is 0 Å². The van der Waals surface area contributed by atoms with Gasteiger partial charge in [-0.2, -0.15) is 0 Å². The van der Waals surface area contributed by atoms with E-state index in [1.807, 2.05) is 0 Å². The number of carbonyl (C=O) groups excluding carboxylic acids is 2. The average Bonchev–Trinajstić information content (AvgIpc) is 2.74. The number of unbranched alkanes of at least 4 members (excludes halogenated alkanes) is 8. The maximum atomic E-state index is 11.8. The van der Waals surface area contributed by atoms with Gasteiger partial charge in [-0.15, -0.1) is 0 Å². The Morgan fingerprint density at radius 1 is 0.613 bits per heavy atom. The first-order valence-electron chi connectivity index (χ1n) is 12.0. The highest BCUT2D eigenvalue weighted by Crippen LogP contribution is 2.10. The largest absolute Gasteiger partial charge is 0.481 e. The molecule has 0 fully saturated rings. The minimum absolute atomic E-state index is 0.0623. The van der Waals surface area contributed by atoms with E-state index in [0.717, 1.165) is 64.2 Å². The number of hydrogen-bond acceptors (Lipinski definition) is 5. The zero-order chi connectivity index (χ0) is 23.0. The van der Waals surface area contributed by atoms with Crippen molar-refractivity contribution in [2.75, 3.05) is 39.5 Å². The fraction of sp³-hybridized carbons (Fsp3) is 0.870. The third-order valence-electron chi connectivity index (χ3n) is 4.81. The highest BCUT2D eigenvalue weighted by atomic mass is 16.5. The van der Waals surface area contributed by atoms with Gasteiger partial charge in [-0.05, 0) is 19.3 Å². The predicted octanol–water partition coefficient (Wildman–Crippen LogP) is 3.43. The molecule has 0 saturated carbocycles. The Morgan fingerprint density at radius 3 is 1.48 bits per heavy atom. The van der Waals surface area contributed by atoms with E-state index in [0.29, 0.717) is 52.4 Å². The van der Waals surface area contributed by atoms with Gasteiger partial charge in [0.1, 0.15) is 0 Å². The summed E-state index contributed by atoms with van der Waals surface area (Å²) in [5.74, 6) is -0.579. The Hall–Kier alpha value is -1.67. The number of hydrogen-bond donors (Lipinski definition) is 3. The molecule has 0 bridgehead atoms. The zero-order valence-corrected chi connectivity index (χ0v) is 19.4. The van der Waals surface area contributed by atoms with Gasteiger partial charge in [-0.1, -0.05) is 51.9 Å². The SMILES string of the molecule is CCCCC(=O)NCCOCCOCCNC(=O)CCCCCCCCCCC(=O)O. The second-order valence-corrected chi connectivity index (χ2v) is 7.75. The monoisotopic (exact) mass is 444 g/mol. The van der Waals surface area contributed by atoms with Crippen molar-refractivity contribution < 1.29 is 29.0 Å². The van der Waals surface area contributed by atoms with Gasteiger partial charge in [0.05, 0.1) is 26.4 Å². The molecule has 0 atom stereocenters. The quantitative estimate of drug-likeness (QED) is 0.208. The Kier molecular flexibility index (Phi) is 21.8. The number of carbonyl (C=O) groups is 3. The number of rotatable bonds is 23. The fourth-order valence-electron chi connectivity index (χ4n) is 2.98. The molecule has 0 aromatic carbocycles. The van der Waals surface area contributed by atoms with Crippen LogP contribution in [0.4, 0.5) is 0 Å². The van der Waals surface area contributed by atoms with Crippen LogP contribution < -0.4 is 10.6 Å². The fourth-order valence-corrected chi connectivity index (χ4v) is 2.98. The number of aliphatic carboxylic acids is 1. The van der Waals surface area contributed by atoms with Gasteiger partial charge in [0.25, 0.3) is 0 Å². The highest BCUT2D eigenvalue weighted by molar-refractivity contribution is 5.76. The summed E-state index contributed by atoms with van der Waals surface area (Å²) in [5, 5.41) is 14.2. The normalized spacial score (nSPS) is 10.7. The topological polar surface area (TPSA) is 114 Å². The summed E-state index contributed by atoms with van der Waals surface area (Å²) in [6.45, 7) is 4.96. The third kappa shape index (κ3) is 24.5. The average molecular weight is 445 g/mol. The second kappa shape index (κ2) is 23.0. The van der Waals surface area contributed by atoms with Crippen LogP contribution in [0.3, 0.4) is 0 Å². The zero-order valence-electron chi connectivity index (χ0n) is 19.4. The molecule has 0 heterocycles. The van der Waals surface area contributed by atoms with Crippen molar-refractivity contribution in [3.05, 3.63) is 0 Å². The Balaban J connectivity index is 3.23. The van der Waals surface area contributed by atoms with Crippen LogP contribution >= 0.6 is 0 Å². The number of carboxylic acids is 1. The summed E-state index contributed by atoms with van der Waals surface area (Å²) in [6.07, 6.45) is 11.5. The lowest BCUT2D eigenvalue weighted by molar-refractivity contribution is -0.137. The Labute approximate surface area is 187 Å². The molecule has 31 heavy (non-hydrogen) atoms. The first-order valence-corrected chi connectivity index (χ1v) is 12.0. The van der Waals surface area contributed by atoms with Crippen LogP contribution in [0, 0.1) is 0 Å². The minimum Gasteiger partial charge on any atom is -0.481 e. The smallest absolute Gasteiger partial charge is 0.303 e. The molecular formula is C23H44N2O6. The molecule has 8 nitrogen and oxygen atoms in total. The van der Waals surface area contributed by atoms with E-state index in [9.17, 15) is 14.4 Å². The number of ether oxygens (including phenoxy) is 2. The molecule has 2 amide bonds. The van der Waals surface area contributed by atoms with Crippen molar-refractivity contribution in [1.29, 1.82) is 0 Å². The van der Waals surface area contributed by atoms with Crippen LogP contribution in [0.1, 0.15) is 90.4 Å². The maximum absolute atomic E-state index is 11.8. The van der Waals surface area contributed by atoms with Crippen molar-refractivity contribution >= 4 is 17.8 Å². The van der Waals surface area contributed by atoms with E-state index in [2.05, 4.69) is 17.6 Å². The standard InChI is InChI=1S/C23H44N2O6/c1-2-3-12-21(26)24-15-17-30-19-20-31-18-16-25-22(27)13-10-8-6-4-5-7-9-11-14-23(28)29/h2-20H2,1H3,(H,24,26)(H,25,27)(H,28,29). The lowest BCUT2D eigenvalue weighted by Gasteiger charge is -2.08. The van der Waals surface area contributed by atoms with E-state index in [-0.39, 0.29) is 18.2 Å². The van der Waals surface area contributed by atoms with Gasteiger partial charge < -0.3 is 25.2 Å². The van der Waals surface area contributed by atoms with Crippen molar-refractivity contribution in [3.8, 4) is 0 Å². The molecule has 0 saturated heterocycles. The van der Waals surface area contributed by atoms with Gasteiger partial charge >= 0.3 is 5.97 Å². The molecule has 3 N–H and O–H groups in total. The van der Waals surface area contributed by atoms with Crippen LogP contribution in [0.15, 0.2) is 0 Å². The van der Waals surface area contributed by atoms with Crippen molar-refractivity contribution in [1.82, 2.24) is 10.6 Å². The van der Waals surface area contributed by atoms with Crippen LogP contribution in [0.5, 0.6) is 0 Å².